The Morgan fingerprint density at radius 2 is 1.65 bits per heavy atom. The molecule has 1 aromatic carbocycles. The number of allylic oxidation sites excluding steroid dienone is 3. The van der Waals surface area contributed by atoms with Gasteiger partial charge in [-0.1, -0.05) is 30.4 Å². The van der Waals surface area contributed by atoms with Crippen LogP contribution in [0, 0.1) is 0 Å². The predicted molar refractivity (Wildman–Crippen MR) is 93.3 cm³/mol. The Kier molecular flexibility index (Phi) is 4.57. The van der Waals surface area contributed by atoms with E-state index in [4.69, 9.17) is 0 Å². The van der Waals surface area contributed by atoms with Crippen LogP contribution in [-0.4, -0.2) is 32.8 Å². The molecule has 1 aliphatic heterocycles. The second-order valence-corrected chi connectivity index (χ2v) is 5.75. The first kappa shape index (κ1) is 17.4. The highest BCUT2D eigenvalue weighted by molar-refractivity contribution is 5.99. The average Bonchev–Trinajstić information content (AvgIpc) is 2.92. The molecule has 0 radical (unpaired) electrons. The lowest BCUT2D eigenvalue weighted by molar-refractivity contribution is -0.135. The summed E-state index contributed by atoms with van der Waals surface area (Å²) in [5.74, 6) is -1.20. The van der Waals surface area contributed by atoms with E-state index in [9.17, 15) is 19.2 Å². The summed E-state index contributed by atoms with van der Waals surface area (Å²) >= 11 is 0. The molecule has 26 heavy (non-hydrogen) atoms. The number of hydrogen-bond donors (Lipinski definition) is 0. The Hall–Kier alpha value is -3.42. The van der Waals surface area contributed by atoms with Gasteiger partial charge in [0.15, 0.2) is 5.78 Å². The van der Waals surface area contributed by atoms with Crippen LogP contribution in [0.3, 0.4) is 0 Å². The normalized spacial score (nSPS) is 18.7. The van der Waals surface area contributed by atoms with Crippen molar-refractivity contribution in [2.45, 2.75) is 19.0 Å². The summed E-state index contributed by atoms with van der Waals surface area (Å²) in [5, 5.41) is 0. The van der Waals surface area contributed by atoms with Gasteiger partial charge in [-0.3, -0.25) is 4.79 Å². The molecule has 8 heteroatoms. The standard InChI is InChI=1S/C18H17N3O5/c1-12-8-9-14(15(22)10-11-16(23)26-2)21-18(25)19(17(24)20(12)21)13-6-4-3-5-7-13/h3-12,14H,1-2H3/b11-10+. The van der Waals surface area contributed by atoms with Crippen LogP contribution in [0.4, 0.5) is 0 Å². The lowest BCUT2D eigenvalue weighted by atomic mass is 10.1. The molecule has 1 aromatic heterocycles. The first-order valence-electron chi connectivity index (χ1n) is 7.95. The van der Waals surface area contributed by atoms with Crippen molar-refractivity contribution >= 4 is 11.8 Å². The van der Waals surface area contributed by atoms with E-state index in [2.05, 4.69) is 4.74 Å². The number of fused-ring (bicyclic) bond motifs is 1. The van der Waals surface area contributed by atoms with Crippen molar-refractivity contribution in [2.75, 3.05) is 7.11 Å². The molecule has 0 N–H and O–H groups in total. The molecule has 2 heterocycles. The minimum absolute atomic E-state index is 0.395. The van der Waals surface area contributed by atoms with E-state index in [0.29, 0.717) is 5.69 Å². The maximum atomic E-state index is 12.9. The van der Waals surface area contributed by atoms with Crippen LogP contribution < -0.4 is 11.4 Å². The number of para-hydroxylation sites is 1. The van der Waals surface area contributed by atoms with Crippen LogP contribution in [0.2, 0.25) is 0 Å². The topological polar surface area (TPSA) is 92.3 Å². The number of nitrogens with zero attached hydrogens (tertiary/aromatic N) is 3. The van der Waals surface area contributed by atoms with Gasteiger partial charge in [0, 0.05) is 6.08 Å². The lowest BCUT2D eigenvalue weighted by Gasteiger charge is -2.22. The van der Waals surface area contributed by atoms with Crippen molar-refractivity contribution in [3.8, 4) is 5.69 Å². The molecule has 0 fully saturated rings. The second-order valence-electron chi connectivity index (χ2n) is 5.75. The van der Waals surface area contributed by atoms with Gasteiger partial charge in [0.1, 0.15) is 6.04 Å². The van der Waals surface area contributed by atoms with Crippen molar-refractivity contribution in [1.82, 2.24) is 13.9 Å². The van der Waals surface area contributed by atoms with Gasteiger partial charge in [0.2, 0.25) is 0 Å². The molecule has 0 saturated heterocycles. The van der Waals surface area contributed by atoms with Crippen molar-refractivity contribution in [2.24, 2.45) is 0 Å². The summed E-state index contributed by atoms with van der Waals surface area (Å²) < 4.78 is 7.83. The van der Waals surface area contributed by atoms with Crippen LogP contribution in [0.1, 0.15) is 19.0 Å². The van der Waals surface area contributed by atoms with E-state index in [-0.39, 0.29) is 0 Å². The van der Waals surface area contributed by atoms with Gasteiger partial charge in [-0.05, 0) is 25.1 Å². The maximum Gasteiger partial charge on any atom is 0.352 e. The zero-order chi connectivity index (χ0) is 18.8. The third-order valence-corrected chi connectivity index (χ3v) is 4.12. The number of hydrogen-bond acceptors (Lipinski definition) is 5. The van der Waals surface area contributed by atoms with Gasteiger partial charge < -0.3 is 4.74 Å². The highest BCUT2D eigenvalue weighted by Gasteiger charge is 2.30. The van der Waals surface area contributed by atoms with Crippen LogP contribution in [-0.2, 0) is 14.3 Å². The van der Waals surface area contributed by atoms with Crippen LogP contribution in [0.15, 0.2) is 64.2 Å². The van der Waals surface area contributed by atoms with Crippen molar-refractivity contribution in [1.29, 1.82) is 0 Å². The first-order valence-corrected chi connectivity index (χ1v) is 7.95. The Labute approximate surface area is 148 Å². The zero-order valence-corrected chi connectivity index (χ0v) is 14.2. The summed E-state index contributed by atoms with van der Waals surface area (Å²) in [7, 11) is 1.20. The monoisotopic (exact) mass is 355 g/mol. The van der Waals surface area contributed by atoms with Crippen LogP contribution >= 0.6 is 0 Å². The summed E-state index contributed by atoms with van der Waals surface area (Å²) in [5.41, 5.74) is -0.740. The van der Waals surface area contributed by atoms with E-state index in [1.165, 1.54) is 11.8 Å². The molecule has 0 amide bonds. The van der Waals surface area contributed by atoms with E-state index >= 15 is 0 Å². The number of benzene rings is 1. The van der Waals surface area contributed by atoms with Gasteiger partial charge in [0.05, 0.1) is 18.8 Å². The van der Waals surface area contributed by atoms with Crippen molar-refractivity contribution in [3.63, 3.8) is 0 Å². The molecule has 8 nitrogen and oxygen atoms in total. The Morgan fingerprint density at radius 3 is 2.31 bits per heavy atom. The number of ether oxygens (including phenoxy) is 1. The summed E-state index contributed by atoms with van der Waals surface area (Å²) in [6.07, 6.45) is 5.24. The lowest BCUT2D eigenvalue weighted by Crippen LogP contribution is -2.37. The number of rotatable bonds is 4. The van der Waals surface area contributed by atoms with Crippen LogP contribution in [0.25, 0.3) is 5.69 Å². The number of aromatic nitrogens is 3. The van der Waals surface area contributed by atoms with E-state index in [1.54, 1.807) is 49.4 Å². The number of carbonyl (C=O) groups excluding carboxylic acids is 2. The zero-order valence-electron chi connectivity index (χ0n) is 14.2. The summed E-state index contributed by atoms with van der Waals surface area (Å²) in [6.45, 7) is 1.74. The van der Waals surface area contributed by atoms with Crippen LogP contribution in [0.5, 0.6) is 0 Å². The molecule has 3 rings (SSSR count). The van der Waals surface area contributed by atoms with E-state index < -0.39 is 35.2 Å². The van der Waals surface area contributed by atoms with Gasteiger partial charge >= 0.3 is 17.3 Å². The van der Waals surface area contributed by atoms with Gasteiger partial charge in [-0.2, -0.15) is 0 Å². The molecule has 2 unspecified atom stereocenters. The highest BCUT2D eigenvalue weighted by atomic mass is 16.5. The molecule has 2 aromatic rings. The summed E-state index contributed by atoms with van der Waals surface area (Å²) in [6, 6.07) is 7.07. The number of methoxy groups -OCH3 is 1. The first-order chi connectivity index (χ1) is 12.5. The molecule has 0 spiro atoms. The Balaban J connectivity index is 2.13. The Bertz CT molecular complexity index is 1020. The molecule has 2 atom stereocenters. The summed E-state index contributed by atoms with van der Waals surface area (Å²) in [4.78, 5) is 49.4. The molecule has 0 saturated carbocycles. The minimum Gasteiger partial charge on any atom is -0.466 e. The Morgan fingerprint density at radius 1 is 1.00 bits per heavy atom. The molecule has 0 aliphatic carbocycles. The highest BCUT2D eigenvalue weighted by Crippen LogP contribution is 2.19. The number of esters is 1. The fourth-order valence-electron chi connectivity index (χ4n) is 2.85. The second kappa shape index (κ2) is 6.83. The van der Waals surface area contributed by atoms with Gasteiger partial charge in [0.25, 0.3) is 0 Å². The molecular weight excluding hydrogens is 338 g/mol. The van der Waals surface area contributed by atoms with Gasteiger partial charge in [-0.25, -0.2) is 28.3 Å². The predicted octanol–water partition coefficient (Wildman–Crippen LogP) is 0.771. The molecule has 1 aliphatic rings. The largest absolute Gasteiger partial charge is 0.466 e. The number of carbonyl (C=O) groups is 2. The third kappa shape index (κ3) is 2.85. The van der Waals surface area contributed by atoms with E-state index in [0.717, 1.165) is 21.4 Å². The average molecular weight is 355 g/mol. The molecule has 0 bridgehead atoms. The fourth-order valence-corrected chi connectivity index (χ4v) is 2.85. The SMILES string of the molecule is COC(=O)/C=C/C(=O)C1C=CC(C)n2c(=O)n(-c3ccccc3)c(=O)n21. The molecular formula is C18H17N3O5. The molecule has 134 valence electrons. The number of ketones is 1. The van der Waals surface area contributed by atoms with Gasteiger partial charge in [-0.15, -0.1) is 0 Å². The minimum atomic E-state index is -1.02. The smallest absolute Gasteiger partial charge is 0.352 e. The maximum absolute atomic E-state index is 12.9. The van der Waals surface area contributed by atoms with Crippen molar-refractivity contribution in [3.05, 3.63) is 75.6 Å². The third-order valence-electron chi connectivity index (χ3n) is 4.12. The quantitative estimate of drug-likeness (QED) is 0.459. The fraction of sp³-hybridized carbons (Fsp3) is 0.222. The van der Waals surface area contributed by atoms with E-state index in [1.807, 2.05) is 0 Å². The van der Waals surface area contributed by atoms with Crippen molar-refractivity contribution < 1.29 is 14.3 Å².